The van der Waals surface area contributed by atoms with E-state index < -0.39 is 10.9 Å². The first-order valence-corrected chi connectivity index (χ1v) is 8.54. The molecule has 7 nitrogen and oxygen atoms in total. The van der Waals surface area contributed by atoms with Crippen LogP contribution in [0.4, 0.5) is 5.69 Å². The second-order valence-electron chi connectivity index (χ2n) is 6.44. The van der Waals surface area contributed by atoms with Crippen molar-refractivity contribution < 1.29 is 19.2 Å². The number of ether oxygens (including phenoxy) is 1. The highest BCUT2D eigenvalue weighted by molar-refractivity contribution is 6.16. The van der Waals surface area contributed by atoms with Crippen LogP contribution in [0.5, 0.6) is 0 Å². The van der Waals surface area contributed by atoms with Crippen LogP contribution in [-0.4, -0.2) is 34.9 Å². The molecule has 1 amide bonds. The summed E-state index contributed by atoms with van der Waals surface area (Å²) in [5.74, 6) is -0.908. The van der Waals surface area contributed by atoms with Crippen LogP contribution in [0.25, 0.3) is 6.08 Å². The van der Waals surface area contributed by atoms with Crippen molar-refractivity contribution in [2.45, 2.75) is 38.6 Å². The number of hydrogen-bond acceptors (Lipinski definition) is 5. The van der Waals surface area contributed by atoms with Gasteiger partial charge in [-0.25, -0.2) is 4.79 Å². The summed E-state index contributed by atoms with van der Waals surface area (Å²) in [6.07, 6.45) is 5.27. The molecular weight excluding hydrogens is 336 g/mol. The summed E-state index contributed by atoms with van der Waals surface area (Å²) < 4.78 is 4.86. The Hall–Kier alpha value is -2.96. The molecule has 1 aromatic carbocycles. The van der Waals surface area contributed by atoms with Gasteiger partial charge in [-0.3, -0.25) is 14.9 Å². The zero-order valence-corrected chi connectivity index (χ0v) is 14.7. The van der Waals surface area contributed by atoms with E-state index >= 15 is 0 Å². The molecule has 0 aromatic heterocycles. The summed E-state index contributed by atoms with van der Waals surface area (Å²) in [7, 11) is 1.26. The Labute approximate surface area is 151 Å². The number of rotatable bonds is 4. The standard InChI is InChI=1S/C19H20N2O5/c1-12-17(19(23)26-2)15(18(22)20(12)14-8-4-5-9-14)11-13-7-3-6-10-16(13)21(24)25/h3,6-7,10-11,14H,4-5,8-9H2,1-2H3/b15-11-. The van der Waals surface area contributed by atoms with Crippen LogP contribution in [0.3, 0.4) is 0 Å². The predicted octanol–water partition coefficient (Wildman–Crippen LogP) is 3.21. The van der Waals surface area contributed by atoms with Crippen molar-refractivity contribution in [3.05, 3.63) is 56.8 Å². The van der Waals surface area contributed by atoms with Gasteiger partial charge in [0.1, 0.15) is 0 Å². The van der Waals surface area contributed by atoms with Crippen molar-refractivity contribution in [2.24, 2.45) is 0 Å². The minimum absolute atomic E-state index is 0.0545. The number of methoxy groups -OCH3 is 1. The van der Waals surface area contributed by atoms with Gasteiger partial charge in [-0.2, -0.15) is 0 Å². The first kappa shape index (κ1) is 17.8. The Bertz CT molecular complexity index is 834. The third-order valence-corrected chi connectivity index (χ3v) is 4.95. The van der Waals surface area contributed by atoms with Gasteiger partial charge in [-0.05, 0) is 31.9 Å². The summed E-state index contributed by atoms with van der Waals surface area (Å²) in [5.41, 5.74) is 1.05. The second kappa shape index (κ2) is 7.11. The fourth-order valence-electron chi connectivity index (χ4n) is 3.73. The van der Waals surface area contributed by atoms with Gasteiger partial charge in [0.2, 0.25) is 0 Å². The predicted molar refractivity (Wildman–Crippen MR) is 94.9 cm³/mol. The van der Waals surface area contributed by atoms with E-state index in [9.17, 15) is 19.7 Å². The number of esters is 1. The zero-order chi connectivity index (χ0) is 18.8. The zero-order valence-electron chi connectivity index (χ0n) is 14.7. The molecule has 1 fully saturated rings. The number of benzene rings is 1. The summed E-state index contributed by atoms with van der Waals surface area (Å²) in [6.45, 7) is 1.72. The minimum Gasteiger partial charge on any atom is -0.465 e. The molecule has 26 heavy (non-hydrogen) atoms. The van der Waals surface area contributed by atoms with E-state index in [0.717, 1.165) is 25.7 Å². The van der Waals surface area contributed by atoms with Gasteiger partial charge in [-0.15, -0.1) is 0 Å². The SMILES string of the molecule is COC(=O)C1=C(C)N(C2CCCC2)C(=O)/C1=C\c1ccccc1[N+](=O)[O-]. The number of nitrogens with zero attached hydrogens (tertiary/aromatic N) is 2. The summed E-state index contributed by atoms with van der Waals surface area (Å²) in [6, 6.07) is 6.19. The molecule has 3 rings (SSSR count). The van der Waals surface area contributed by atoms with Crippen molar-refractivity contribution in [2.75, 3.05) is 7.11 Å². The number of nitro groups is 1. The van der Waals surface area contributed by atoms with Crippen molar-refractivity contribution in [1.29, 1.82) is 0 Å². The number of amides is 1. The average Bonchev–Trinajstić information content (AvgIpc) is 3.22. The molecule has 1 aliphatic heterocycles. The van der Waals surface area contributed by atoms with Crippen LogP contribution in [0, 0.1) is 10.1 Å². The van der Waals surface area contributed by atoms with E-state index in [2.05, 4.69) is 0 Å². The van der Waals surface area contributed by atoms with E-state index in [4.69, 9.17) is 4.74 Å². The Morgan fingerprint density at radius 3 is 2.58 bits per heavy atom. The van der Waals surface area contributed by atoms with Crippen LogP contribution in [0.15, 0.2) is 41.1 Å². The maximum absolute atomic E-state index is 13.1. The van der Waals surface area contributed by atoms with Crippen LogP contribution in [-0.2, 0) is 14.3 Å². The molecule has 136 valence electrons. The quantitative estimate of drug-likeness (QED) is 0.358. The maximum atomic E-state index is 13.1. The molecule has 0 atom stereocenters. The van der Waals surface area contributed by atoms with E-state index in [-0.39, 0.29) is 34.3 Å². The third-order valence-electron chi connectivity index (χ3n) is 4.95. The molecule has 0 spiro atoms. The van der Waals surface area contributed by atoms with Crippen molar-refractivity contribution >= 4 is 23.6 Å². The van der Waals surface area contributed by atoms with Crippen molar-refractivity contribution in [1.82, 2.24) is 4.90 Å². The van der Waals surface area contributed by atoms with E-state index in [1.165, 1.54) is 19.3 Å². The number of carbonyl (C=O) groups excluding carboxylic acids is 2. The van der Waals surface area contributed by atoms with Gasteiger partial charge in [0.15, 0.2) is 0 Å². The van der Waals surface area contributed by atoms with E-state index in [1.54, 1.807) is 30.0 Å². The number of allylic oxidation sites excluding steroid dienone is 1. The monoisotopic (exact) mass is 356 g/mol. The Kier molecular flexibility index (Phi) is 4.88. The fourth-order valence-corrected chi connectivity index (χ4v) is 3.73. The second-order valence-corrected chi connectivity index (χ2v) is 6.44. The molecule has 0 unspecified atom stereocenters. The lowest BCUT2D eigenvalue weighted by Gasteiger charge is -2.25. The highest BCUT2D eigenvalue weighted by Gasteiger charge is 2.41. The smallest absolute Gasteiger partial charge is 0.340 e. The highest BCUT2D eigenvalue weighted by atomic mass is 16.6. The first-order chi connectivity index (χ1) is 12.5. The highest BCUT2D eigenvalue weighted by Crippen LogP contribution is 2.38. The largest absolute Gasteiger partial charge is 0.465 e. The average molecular weight is 356 g/mol. The summed E-state index contributed by atoms with van der Waals surface area (Å²) in [5, 5.41) is 11.3. The lowest BCUT2D eigenvalue weighted by atomic mass is 10.0. The molecule has 0 saturated heterocycles. The van der Waals surface area contributed by atoms with Gasteiger partial charge in [-0.1, -0.05) is 25.0 Å². The maximum Gasteiger partial charge on any atom is 0.340 e. The van der Waals surface area contributed by atoms with Gasteiger partial charge in [0.05, 0.1) is 28.7 Å². The molecule has 0 bridgehead atoms. The normalized spacial score (nSPS) is 19.5. The van der Waals surface area contributed by atoms with Crippen molar-refractivity contribution in [3.8, 4) is 0 Å². The van der Waals surface area contributed by atoms with Crippen LogP contribution < -0.4 is 0 Å². The van der Waals surface area contributed by atoms with E-state index in [0.29, 0.717) is 5.70 Å². The summed E-state index contributed by atoms with van der Waals surface area (Å²) in [4.78, 5) is 37.8. The summed E-state index contributed by atoms with van der Waals surface area (Å²) >= 11 is 0. The molecule has 0 radical (unpaired) electrons. The van der Waals surface area contributed by atoms with Crippen LogP contribution in [0.2, 0.25) is 0 Å². The van der Waals surface area contributed by atoms with Crippen molar-refractivity contribution in [3.63, 3.8) is 0 Å². The molecule has 1 heterocycles. The topological polar surface area (TPSA) is 89.8 Å². The molecule has 1 aliphatic carbocycles. The Balaban J connectivity index is 2.12. The van der Waals surface area contributed by atoms with E-state index in [1.807, 2.05) is 0 Å². The van der Waals surface area contributed by atoms with Gasteiger partial charge >= 0.3 is 5.97 Å². The fraction of sp³-hybridized carbons (Fsp3) is 0.368. The first-order valence-electron chi connectivity index (χ1n) is 8.54. The van der Waals surface area contributed by atoms with Gasteiger partial charge in [0, 0.05) is 17.8 Å². The third kappa shape index (κ3) is 3.00. The minimum atomic E-state index is -0.610. The van der Waals surface area contributed by atoms with Gasteiger partial charge in [0.25, 0.3) is 11.6 Å². The lowest BCUT2D eigenvalue weighted by Crippen LogP contribution is -2.34. The number of para-hydroxylation sites is 1. The molecule has 2 aliphatic rings. The van der Waals surface area contributed by atoms with Gasteiger partial charge < -0.3 is 9.64 Å². The Morgan fingerprint density at radius 1 is 1.31 bits per heavy atom. The molecule has 1 aromatic rings. The molecule has 0 N–H and O–H groups in total. The lowest BCUT2D eigenvalue weighted by molar-refractivity contribution is -0.385. The Morgan fingerprint density at radius 2 is 1.96 bits per heavy atom. The number of hydrogen-bond donors (Lipinski definition) is 0. The van der Waals surface area contributed by atoms with Crippen LogP contribution in [0.1, 0.15) is 38.2 Å². The number of nitro benzene ring substituents is 1. The molecule has 7 heteroatoms. The molecule has 1 saturated carbocycles. The molecular formula is C19H20N2O5. The van der Waals surface area contributed by atoms with Crippen LogP contribution >= 0.6 is 0 Å². The number of carbonyl (C=O) groups is 2.